The smallest absolute Gasteiger partial charge is 0.325 e. The Hall–Kier alpha value is -1.18. The number of aliphatic hydroxyl groups excluding tert-OH is 1. The number of carbonyl (C=O) groups excluding carboxylic acids is 2. The molecule has 2 saturated heterocycles. The van der Waals surface area contributed by atoms with Crippen LogP contribution in [0.25, 0.3) is 0 Å². The van der Waals surface area contributed by atoms with Crippen molar-refractivity contribution in [1.29, 1.82) is 0 Å². The van der Waals surface area contributed by atoms with Crippen LogP contribution in [0, 0.1) is 0 Å². The molecule has 1 unspecified atom stereocenters. The summed E-state index contributed by atoms with van der Waals surface area (Å²) in [5.41, 5.74) is -0.819. The van der Waals surface area contributed by atoms with Crippen LogP contribution in [0.4, 0.5) is 4.79 Å². The summed E-state index contributed by atoms with van der Waals surface area (Å²) in [7, 11) is 0. The summed E-state index contributed by atoms with van der Waals surface area (Å²) in [5, 5.41) is 15.8. The van der Waals surface area contributed by atoms with Gasteiger partial charge in [0.25, 0.3) is 5.91 Å². The average Bonchev–Trinajstić information content (AvgIpc) is 2.62. The molecule has 2 fully saturated rings. The zero-order chi connectivity index (χ0) is 14.8. The van der Waals surface area contributed by atoms with E-state index >= 15 is 0 Å². The number of hydrogen-bond acceptors (Lipinski definition) is 5. The summed E-state index contributed by atoms with van der Waals surface area (Å²) in [4.78, 5) is 25.5. The molecule has 2 heterocycles. The van der Waals surface area contributed by atoms with Gasteiger partial charge in [-0.1, -0.05) is 13.8 Å². The monoisotopic (exact) mass is 285 g/mol. The van der Waals surface area contributed by atoms with E-state index in [-0.39, 0.29) is 18.5 Å². The predicted octanol–water partition coefficient (Wildman–Crippen LogP) is -0.554. The van der Waals surface area contributed by atoms with Gasteiger partial charge in [-0.25, -0.2) is 4.79 Å². The van der Waals surface area contributed by atoms with Crippen LogP contribution in [0.5, 0.6) is 0 Å². The lowest BCUT2D eigenvalue weighted by atomic mass is 9.90. The van der Waals surface area contributed by atoms with Crippen LogP contribution >= 0.6 is 0 Å². The van der Waals surface area contributed by atoms with Crippen LogP contribution in [0.1, 0.15) is 26.7 Å². The third-order valence-electron chi connectivity index (χ3n) is 3.75. The van der Waals surface area contributed by atoms with Crippen molar-refractivity contribution in [3.8, 4) is 0 Å². The standard InChI is InChI=1S/C13H23N3O4/c1-9(2)14-7-10(17)8-16-11(18)13(15-12(16)19)3-5-20-6-4-13/h9-10,14,17H,3-8H2,1-2H3,(H,15,19). The molecule has 0 bridgehead atoms. The Morgan fingerprint density at radius 3 is 2.65 bits per heavy atom. The van der Waals surface area contributed by atoms with E-state index in [4.69, 9.17) is 4.74 Å². The summed E-state index contributed by atoms with van der Waals surface area (Å²) in [6.07, 6.45) is 0.227. The molecule has 0 aromatic heterocycles. The average molecular weight is 285 g/mol. The number of carbonyl (C=O) groups is 2. The van der Waals surface area contributed by atoms with Crippen LogP contribution in [-0.2, 0) is 9.53 Å². The molecule has 0 aliphatic carbocycles. The number of amides is 3. The van der Waals surface area contributed by atoms with Gasteiger partial charge in [-0.3, -0.25) is 9.69 Å². The number of aliphatic hydroxyl groups is 1. The highest BCUT2D eigenvalue weighted by Crippen LogP contribution is 2.28. The normalized spacial score (nSPS) is 23.5. The minimum Gasteiger partial charge on any atom is -0.390 e. The van der Waals surface area contributed by atoms with Gasteiger partial charge in [0, 0.05) is 38.6 Å². The molecule has 2 rings (SSSR count). The van der Waals surface area contributed by atoms with Gasteiger partial charge >= 0.3 is 6.03 Å². The molecule has 3 N–H and O–H groups in total. The van der Waals surface area contributed by atoms with E-state index in [2.05, 4.69) is 10.6 Å². The zero-order valence-electron chi connectivity index (χ0n) is 12.0. The highest BCUT2D eigenvalue weighted by Gasteiger charge is 2.51. The van der Waals surface area contributed by atoms with E-state index < -0.39 is 17.7 Å². The summed E-state index contributed by atoms with van der Waals surface area (Å²) in [5.74, 6) is -0.241. The van der Waals surface area contributed by atoms with Crippen molar-refractivity contribution in [2.45, 2.75) is 44.4 Å². The van der Waals surface area contributed by atoms with Gasteiger partial charge in [-0.2, -0.15) is 0 Å². The van der Waals surface area contributed by atoms with E-state index in [1.54, 1.807) is 0 Å². The minimum atomic E-state index is -0.819. The number of ether oxygens (including phenoxy) is 1. The van der Waals surface area contributed by atoms with Gasteiger partial charge in [-0.15, -0.1) is 0 Å². The molecular weight excluding hydrogens is 262 g/mol. The van der Waals surface area contributed by atoms with E-state index in [1.165, 1.54) is 0 Å². The Morgan fingerprint density at radius 1 is 1.40 bits per heavy atom. The SMILES string of the molecule is CC(C)NCC(O)CN1C(=O)NC2(CCOCC2)C1=O. The van der Waals surface area contributed by atoms with Gasteiger partial charge in [0.2, 0.25) is 0 Å². The number of nitrogens with zero attached hydrogens (tertiary/aromatic N) is 1. The van der Waals surface area contributed by atoms with Crippen molar-refractivity contribution in [3.63, 3.8) is 0 Å². The maximum atomic E-state index is 12.4. The topological polar surface area (TPSA) is 90.9 Å². The molecule has 7 heteroatoms. The Labute approximate surface area is 118 Å². The van der Waals surface area contributed by atoms with E-state index in [0.29, 0.717) is 32.6 Å². The molecule has 0 aromatic carbocycles. The van der Waals surface area contributed by atoms with Gasteiger partial charge in [0.15, 0.2) is 0 Å². The van der Waals surface area contributed by atoms with Crippen molar-refractivity contribution < 1.29 is 19.4 Å². The highest BCUT2D eigenvalue weighted by atomic mass is 16.5. The molecule has 1 spiro atoms. The first-order chi connectivity index (χ1) is 9.44. The summed E-state index contributed by atoms with van der Waals surface area (Å²) >= 11 is 0. The largest absolute Gasteiger partial charge is 0.390 e. The Morgan fingerprint density at radius 2 is 2.05 bits per heavy atom. The van der Waals surface area contributed by atoms with Crippen LogP contribution in [0.3, 0.4) is 0 Å². The van der Waals surface area contributed by atoms with Crippen molar-refractivity contribution in [2.24, 2.45) is 0 Å². The number of rotatable bonds is 5. The molecule has 0 radical (unpaired) electrons. The molecule has 7 nitrogen and oxygen atoms in total. The van der Waals surface area contributed by atoms with Crippen LogP contribution < -0.4 is 10.6 Å². The lowest BCUT2D eigenvalue weighted by Gasteiger charge is -2.30. The second-order valence-corrected chi connectivity index (χ2v) is 5.76. The Bertz CT molecular complexity index is 380. The van der Waals surface area contributed by atoms with Crippen molar-refractivity contribution in [2.75, 3.05) is 26.3 Å². The van der Waals surface area contributed by atoms with Gasteiger partial charge < -0.3 is 20.5 Å². The fourth-order valence-electron chi connectivity index (χ4n) is 2.55. The Balaban J connectivity index is 1.95. The highest BCUT2D eigenvalue weighted by molar-refractivity contribution is 6.07. The van der Waals surface area contributed by atoms with E-state index in [0.717, 1.165) is 4.90 Å². The Kier molecular flexibility index (Phi) is 4.62. The second-order valence-electron chi connectivity index (χ2n) is 5.76. The summed E-state index contributed by atoms with van der Waals surface area (Å²) in [6, 6.07) is -0.171. The van der Waals surface area contributed by atoms with Crippen molar-refractivity contribution in [3.05, 3.63) is 0 Å². The number of imide groups is 1. The quantitative estimate of drug-likeness (QED) is 0.589. The zero-order valence-corrected chi connectivity index (χ0v) is 12.0. The summed E-state index contributed by atoms with van der Waals surface area (Å²) in [6.45, 7) is 5.25. The fraction of sp³-hybridized carbons (Fsp3) is 0.846. The maximum absolute atomic E-state index is 12.4. The molecule has 2 aliphatic heterocycles. The number of hydrogen-bond donors (Lipinski definition) is 3. The molecule has 0 aromatic rings. The van der Waals surface area contributed by atoms with Gasteiger partial charge in [0.1, 0.15) is 5.54 Å². The second kappa shape index (κ2) is 6.07. The molecule has 20 heavy (non-hydrogen) atoms. The third-order valence-corrected chi connectivity index (χ3v) is 3.75. The predicted molar refractivity (Wildman–Crippen MR) is 72.2 cm³/mol. The third kappa shape index (κ3) is 3.11. The number of urea groups is 1. The van der Waals surface area contributed by atoms with Crippen LogP contribution in [0.15, 0.2) is 0 Å². The first-order valence-electron chi connectivity index (χ1n) is 7.08. The van der Waals surface area contributed by atoms with Crippen molar-refractivity contribution >= 4 is 11.9 Å². The number of nitrogens with one attached hydrogen (secondary N) is 2. The molecular formula is C13H23N3O4. The van der Waals surface area contributed by atoms with E-state index in [1.807, 2.05) is 13.8 Å². The lowest BCUT2D eigenvalue weighted by molar-refractivity contribution is -0.135. The molecule has 114 valence electrons. The van der Waals surface area contributed by atoms with E-state index in [9.17, 15) is 14.7 Å². The number of β-amino-alcohol motifs (C(OH)–C–C–N with tert-alkyl or cyclic N) is 1. The molecule has 1 atom stereocenters. The molecule has 3 amide bonds. The molecule has 0 saturated carbocycles. The maximum Gasteiger partial charge on any atom is 0.325 e. The summed E-state index contributed by atoms with van der Waals surface area (Å²) < 4.78 is 5.24. The van der Waals surface area contributed by atoms with Crippen LogP contribution in [0.2, 0.25) is 0 Å². The van der Waals surface area contributed by atoms with Crippen molar-refractivity contribution in [1.82, 2.24) is 15.5 Å². The minimum absolute atomic E-state index is 0.0208. The molecule has 2 aliphatic rings. The fourth-order valence-corrected chi connectivity index (χ4v) is 2.55. The van der Waals surface area contributed by atoms with Gasteiger partial charge in [-0.05, 0) is 0 Å². The van der Waals surface area contributed by atoms with Gasteiger partial charge in [0.05, 0.1) is 12.6 Å². The first kappa shape index (κ1) is 15.2. The first-order valence-corrected chi connectivity index (χ1v) is 7.08. The van der Waals surface area contributed by atoms with Crippen LogP contribution in [-0.4, -0.2) is 65.9 Å². The lowest BCUT2D eigenvalue weighted by Crippen LogP contribution is -2.51.